The second-order valence-corrected chi connectivity index (χ2v) is 6.23. The molecule has 18 heavy (non-hydrogen) atoms. The lowest BCUT2D eigenvalue weighted by Gasteiger charge is -2.05. The minimum Gasteiger partial charge on any atom is -0.347 e. The quantitative estimate of drug-likeness (QED) is 0.906. The van der Waals surface area contributed by atoms with Crippen LogP contribution < -0.4 is 5.32 Å². The summed E-state index contributed by atoms with van der Waals surface area (Å²) >= 11 is 5.01. The van der Waals surface area contributed by atoms with E-state index in [0.29, 0.717) is 6.54 Å². The van der Waals surface area contributed by atoms with Crippen LogP contribution in [0, 0.1) is 13.8 Å². The Kier molecular flexibility index (Phi) is 4.19. The van der Waals surface area contributed by atoms with Crippen LogP contribution in [0.25, 0.3) is 0 Å². The van der Waals surface area contributed by atoms with E-state index >= 15 is 0 Å². The van der Waals surface area contributed by atoms with Crippen LogP contribution in [-0.4, -0.2) is 5.91 Å². The van der Waals surface area contributed by atoms with Gasteiger partial charge in [0.2, 0.25) is 0 Å². The molecule has 0 aliphatic rings. The molecule has 4 heteroatoms. The summed E-state index contributed by atoms with van der Waals surface area (Å²) < 4.78 is 1.02. The second kappa shape index (κ2) is 5.67. The van der Waals surface area contributed by atoms with Crippen molar-refractivity contribution in [1.29, 1.82) is 0 Å². The summed E-state index contributed by atoms with van der Waals surface area (Å²) in [6, 6.07) is 9.83. The Morgan fingerprint density at radius 2 is 2.06 bits per heavy atom. The first kappa shape index (κ1) is 13.3. The summed E-state index contributed by atoms with van der Waals surface area (Å²) in [6.07, 6.45) is 0. The van der Waals surface area contributed by atoms with Gasteiger partial charge in [-0.1, -0.05) is 34.1 Å². The maximum absolute atomic E-state index is 12.0. The first-order chi connectivity index (χ1) is 8.58. The van der Waals surface area contributed by atoms with Gasteiger partial charge in [0.15, 0.2) is 0 Å². The van der Waals surface area contributed by atoms with E-state index in [4.69, 9.17) is 0 Å². The number of hydrogen-bond donors (Lipinski definition) is 1. The smallest absolute Gasteiger partial charge is 0.261 e. The number of benzene rings is 1. The molecule has 2 nitrogen and oxygen atoms in total. The van der Waals surface area contributed by atoms with E-state index in [0.717, 1.165) is 14.9 Å². The molecule has 1 aromatic carbocycles. The van der Waals surface area contributed by atoms with Crippen LogP contribution in [0.3, 0.4) is 0 Å². The minimum absolute atomic E-state index is 0.00745. The van der Waals surface area contributed by atoms with Crippen molar-refractivity contribution in [3.05, 3.63) is 55.7 Å². The van der Waals surface area contributed by atoms with Crippen LogP contribution in [0.15, 0.2) is 34.8 Å². The number of thiophene rings is 1. The van der Waals surface area contributed by atoms with Crippen molar-refractivity contribution in [3.63, 3.8) is 0 Å². The maximum atomic E-state index is 12.0. The highest BCUT2D eigenvalue weighted by Gasteiger charge is 2.10. The molecule has 1 heterocycles. The number of nitrogens with one attached hydrogen (secondary N) is 1. The molecule has 0 unspecified atom stereocenters. The van der Waals surface area contributed by atoms with Gasteiger partial charge in [-0.05, 0) is 37.1 Å². The first-order valence-electron chi connectivity index (χ1n) is 5.66. The third-order valence-corrected chi connectivity index (χ3v) is 4.71. The number of aryl methyl sites for hydroxylation is 2. The first-order valence-corrected chi connectivity index (χ1v) is 7.27. The number of amides is 1. The molecule has 1 aromatic heterocycles. The van der Waals surface area contributed by atoms with E-state index in [2.05, 4.69) is 21.2 Å². The Hall–Kier alpha value is -1.13. The van der Waals surface area contributed by atoms with E-state index in [1.807, 2.05) is 44.2 Å². The molecule has 0 saturated carbocycles. The number of rotatable bonds is 3. The molecule has 1 N–H and O–H groups in total. The van der Waals surface area contributed by atoms with Crippen LogP contribution in [0.2, 0.25) is 0 Å². The Balaban J connectivity index is 2.03. The summed E-state index contributed by atoms with van der Waals surface area (Å²) in [5.41, 5.74) is 2.25. The molecule has 0 saturated heterocycles. The molecule has 0 aliphatic heterocycles. The zero-order chi connectivity index (χ0) is 13.1. The highest BCUT2D eigenvalue weighted by molar-refractivity contribution is 9.10. The van der Waals surface area contributed by atoms with Gasteiger partial charge in [-0.3, -0.25) is 4.79 Å². The van der Waals surface area contributed by atoms with Gasteiger partial charge in [-0.2, -0.15) is 0 Å². The monoisotopic (exact) mass is 323 g/mol. The third kappa shape index (κ3) is 3.00. The fraction of sp³-hybridized carbons (Fsp3) is 0.214. The maximum Gasteiger partial charge on any atom is 0.261 e. The highest BCUT2D eigenvalue weighted by atomic mass is 79.9. The van der Waals surface area contributed by atoms with Gasteiger partial charge in [-0.15, -0.1) is 11.3 Å². The summed E-state index contributed by atoms with van der Waals surface area (Å²) in [5.74, 6) is -0.00745. The van der Waals surface area contributed by atoms with Crippen molar-refractivity contribution in [1.82, 2.24) is 5.32 Å². The van der Waals surface area contributed by atoms with Gasteiger partial charge in [0, 0.05) is 15.9 Å². The SMILES string of the molecule is Cc1cc(C(=O)NCc2ccccc2Br)sc1C. The van der Waals surface area contributed by atoms with Gasteiger partial charge in [0.25, 0.3) is 5.91 Å². The molecule has 1 amide bonds. The summed E-state index contributed by atoms with van der Waals surface area (Å²) in [6.45, 7) is 4.59. The topological polar surface area (TPSA) is 29.1 Å². The number of carbonyl (C=O) groups is 1. The fourth-order valence-electron chi connectivity index (χ4n) is 1.59. The van der Waals surface area contributed by atoms with Crippen LogP contribution in [0.4, 0.5) is 0 Å². The van der Waals surface area contributed by atoms with Crippen LogP contribution in [0.1, 0.15) is 25.7 Å². The van der Waals surface area contributed by atoms with Crippen molar-refractivity contribution in [2.24, 2.45) is 0 Å². The Bertz CT molecular complexity index is 557. The molecule has 2 rings (SSSR count). The largest absolute Gasteiger partial charge is 0.347 e. The Morgan fingerprint density at radius 3 is 2.67 bits per heavy atom. The van der Waals surface area contributed by atoms with Gasteiger partial charge < -0.3 is 5.32 Å². The predicted molar refractivity (Wildman–Crippen MR) is 79.1 cm³/mol. The molecule has 0 aliphatic carbocycles. The molecule has 2 aromatic rings. The lowest BCUT2D eigenvalue weighted by molar-refractivity contribution is 0.0955. The zero-order valence-electron chi connectivity index (χ0n) is 10.3. The minimum atomic E-state index is -0.00745. The predicted octanol–water partition coefficient (Wildman–Crippen LogP) is 4.06. The lowest BCUT2D eigenvalue weighted by atomic mass is 10.2. The third-order valence-electron chi connectivity index (χ3n) is 2.79. The van der Waals surface area contributed by atoms with Crippen molar-refractivity contribution in [3.8, 4) is 0 Å². The van der Waals surface area contributed by atoms with Gasteiger partial charge >= 0.3 is 0 Å². The number of carbonyl (C=O) groups excluding carboxylic acids is 1. The van der Waals surface area contributed by atoms with E-state index in [1.165, 1.54) is 21.8 Å². The summed E-state index contributed by atoms with van der Waals surface area (Å²) in [5, 5.41) is 2.94. The van der Waals surface area contributed by atoms with Crippen molar-refractivity contribution in [2.45, 2.75) is 20.4 Å². The Labute approximate surface area is 119 Å². The Morgan fingerprint density at radius 1 is 1.33 bits per heavy atom. The molecule has 0 spiro atoms. The van der Waals surface area contributed by atoms with Crippen LogP contribution in [-0.2, 0) is 6.54 Å². The van der Waals surface area contributed by atoms with E-state index in [1.54, 1.807) is 0 Å². The summed E-state index contributed by atoms with van der Waals surface area (Å²) in [7, 11) is 0. The molecular weight excluding hydrogens is 310 g/mol. The van der Waals surface area contributed by atoms with E-state index < -0.39 is 0 Å². The molecule has 0 bridgehead atoms. The van der Waals surface area contributed by atoms with Crippen molar-refractivity contribution < 1.29 is 4.79 Å². The van der Waals surface area contributed by atoms with E-state index in [9.17, 15) is 4.79 Å². The van der Waals surface area contributed by atoms with Gasteiger partial charge in [-0.25, -0.2) is 0 Å². The number of halogens is 1. The highest BCUT2D eigenvalue weighted by Crippen LogP contribution is 2.21. The normalized spacial score (nSPS) is 10.4. The average molecular weight is 324 g/mol. The standard InChI is InChI=1S/C14H14BrNOS/c1-9-7-13(18-10(9)2)14(17)16-8-11-5-3-4-6-12(11)15/h3-7H,8H2,1-2H3,(H,16,17). The van der Waals surface area contributed by atoms with Crippen LogP contribution >= 0.6 is 27.3 Å². The lowest BCUT2D eigenvalue weighted by Crippen LogP contribution is -2.21. The van der Waals surface area contributed by atoms with Crippen LogP contribution in [0.5, 0.6) is 0 Å². The molecule has 0 atom stereocenters. The average Bonchev–Trinajstić information content (AvgIpc) is 2.68. The van der Waals surface area contributed by atoms with Crippen molar-refractivity contribution in [2.75, 3.05) is 0 Å². The van der Waals surface area contributed by atoms with Gasteiger partial charge in [0.1, 0.15) is 0 Å². The van der Waals surface area contributed by atoms with Crippen molar-refractivity contribution >= 4 is 33.2 Å². The fourth-order valence-corrected chi connectivity index (χ4v) is 2.96. The molecule has 94 valence electrons. The van der Waals surface area contributed by atoms with Gasteiger partial charge in [0.05, 0.1) is 4.88 Å². The summed E-state index contributed by atoms with van der Waals surface area (Å²) in [4.78, 5) is 13.9. The number of hydrogen-bond acceptors (Lipinski definition) is 2. The second-order valence-electron chi connectivity index (χ2n) is 4.12. The molecule has 0 fully saturated rings. The molecular formula is C14H14BrNOS. The zero-order valence-corrected chi connectivity index (χ0v) is 12.7. The molecule has 0 radical (unpaired) electrons. The van der Waals surface area contributed by atoms with E-state index in [-0.39, 0.29) is 5.91 Å².